The topological polar surface area (TPSA) is 21.3 Å². The maximum Gasteiger partial charge on any atom is 0.0881 e. The molecule has 1 unspecified atom stereocenters. The Morgan fingerprint density at radius 2 is 1.89 bits per heavy atom. The van der Waals surface area contributed by atoms with E-state index in [1.54, 1.807) is 0 Å². The quantitative estimate of drug-likeness (QED) is 0.895. The molecule has 1 aromatic rings. The van der Waals surface area contributed by atoms with Gasteiger partial charge < -0.3 is 10.1 Å². The summed E-state index contributed by atoms with van der Waals surface area (Å²) >= 11 is 12.1. The molecule has 3 rings (SSSR count). The van der Waals surface area contributed by atoms with Crippen molar-refractivity contribution < 1.29 is 4.74 Å². The van der Waals surface area contributed by atoms with E-state index in [0.717, 1.165) is 18.7 Å². The summed E-state index contributed by atoms with van der Waals surface area (Å²) in [6.07, 6.45) is 4.27. The first-order valence-corrected chi connectivity index (χ1v) is 7.31. The highest BCUT2D eigenvalue weighted by atomic mass is 35.5. The predicted octanol–water partition coefficient (Wildman–Crippen LogP) is 4.24. The molecule has 2 nitrogen and oxygen atoms in total. The molecular weight excluding hydrogens is 305 g/mol. The minimum atomic E-state index is 0. The molecule has 0 bridgehead atoms. The van der Waals surface area contributed by atoms with Crippen LogP contribution in [0, 0.1) is 5.92 Å². The molecule has 19 heavy (non-hydrogen) atoms. The van der Waals surface area contributed by atoms with Crippen molar-refractivity contribution in [3.63, 3.8) is 0 Å². The van der Waals surface area contributed by atoms with Gasteiger partial charge in [0, 0.05) is 19.0 Å². The third-order valence-corrected chi connectivity index (χ3v) is 4.64. The first-order valence-electron chi connectivity index (χ1n) is 6.55. The molecule has 0 spiro atoms. The van der Waals surface area contributed by atoms with Gasteiger partial charge in [-0.15, -0.1) is 12.4 Å². The van der Waals surface area contributed by atoms with Crippen LogP contribution < -0.4 is 5.32 Å². The molecular formula is C14H18Cl3NO. The van der Waals surface area contributed by atoms with Crippen molar-refractivity contribution in [1.29, 1.82) is 0 Å². The smallest absolute Gasteiger partial charge is 0.0881 e. The lowest BCUT2D eigenvalue weighted by molar-refractivity contribution is -0.0872. The third kappa shape index (κ3) is 3.37. The number of nitrogens with one attached hydrogen (secondary N) is 1. The lowest BCUT2D eigenvalue weighted by atomic mass is 9.89. The van der Waals surface area contributed by atoms with Crippen molar-refractivity contribution in [3.05, 3.63) is 33.8 Å². The summed E-state index contributed by atoms with van der Waals surface area (Å²) in [6, 6.07) is 5.85. The Bertz CT molecular complexity index is 433. The van der Waals surface area contributed by atoms with Crippen molar-refractivity contribution in [2.75, 3.05) is 13.1 Å². The van der Waals surface area contributed by atoms with Gasteiger partial charge in [-0.2, -0.15) is 0 Å². The maximum atomic E-state index is 6.23. The fraction of sp³-hybridized carbons (Fsp3) is 0.571. The Labute approximate surface area is 130 Å². The molecule has 0 radical (unpaired) electrons. The Kier molecular flexibility index (Phi) is 5.38. The normalized spacial score (nSPS) is 21.2. The van der Waals surface area contributed by atoms with E-state index < -0.39 is 0 Å². The first-order chi connectivity index (χ1) is 8.74. The molecule has 1 saturated heterocycles. The Morgan fingerprint density at radius 1 is 1.16 bits per heavy atom. The molecule has 0 amide bonds. The van der Waals surface area contributed by atoms with E-state index in [4.69, 9.17) is 27.9 Å². The molecule has 2 aliphatic rings. The van der Waals surface area contributed by atoms with Gasteiger partial charge in [0.05, 0.1) is 22.3 Å². The fourth-order valence-electron chi connectivity index (χ4n) is 2.39. The van der Waals surface area contributed by atoms with Crippen LogP contribution in [0.15, 0.2) is 18.2 Å². The van der Waals surface area contributed by atoms with Gasteiger partial charge >= 0.3 is 0 Å². The number of rotatable bonds is 4. The zero-order valence-corrected chi connectivity index (χ0v) is 12.9. The van der Waals surface area contributed by atoms with Crippen molar-refractivity contribution >= 4 is 35.6 Å². The number of halogens is 3. The Morgan fingerprint density at radius 3 is 2.37 bits per heavy atom. The molecule has 1 aliphatic heterocycles. The molecule has 1 heterocycles. The van der Waals surface area contributed by atoms with Gasteiger partial charge in [-0.1, -0.05) is 29.3 Å². The lowest BCUT2D eigenvalue weighted by Crippen LogP contribution is -2.47. The van der Waals surface area contributed by atoms with E-state index in [9.17, 15) is 0 Å². The second kappa shape index (κ2) is 6.64. The van der Waals surface area contributed by atoms with Gasteiger partial charge in [-0.25, -0.2) is 0 Å². The number of benzene rings is 1. The monoisotopic (exact) mass is 321 g/mol. The number of ether oxygens (including phenoxy) is 1. The summed E-state index contributed by atoms with van der Waals surface area (Å²) in [5, 5.41) is 4.53. The van der Waals surface area contributed by atoms with E-state index in [-0.39, 0.29) is 18.5 Å². The van der Waals surface area contributed by atoms with Crippen LogP contribution in [0.2, 0.25) is 10.0 Å². The fourth-order valence-corrected chi connectivity index (χ4v) is 2.70. The molecule has 1 aromatic carbocycles. The molecule has 106 valence electrons. The number of hydrogen-bond donors (Lipinski definition) is 1. The summed E-state index contributed by atoms with van der Waals surface area (Å²) < 4.78 is 6.23. The maximum absolute atomic E-state index is 6.23. The standard InChI is InChI=1S/C14H17Cl2NO.ClH/c15-12-5-4-9(6-13(12)16)14(10-7-17-8-10)18-11-2-1-3-11;/h4-6,10-11,14,17H,1-3,7-8H2;1H. The molecule has 1 saturated carbocycles. The molecule has 0 aromatic heterocycles. The highest BCUT2D eigenvalue weighted by molar-refractivity contribution is 6.42. The van der Waals surface area contributed by atoms with Crippen LogP contribution in [0.5, 0.6) is 0 Å². The van der Waals surface area contributed by atoms with E-state index >= 15 is 0 Å². The number of hydrogen-bond acceptors (Lipinski definition) is 2. The average molecular weight is 323 g/mol. The zero-order valence-electron chi connectivity index (χ0n) is 10.6. The van der Waals surface area contributed by atoms with Crippen LogP contribution in [0.1, 0.15) is 30.9 Å². The van der Waals surface area contributed by atoms with Gasteiger partial charge in [-0.05, 0) is 37.0 Å². The molecule has 2 fully saturated rings. The largest absolute Gasteiger partial charge is 0.370 e. The van der Waals surface area contributed by atoms with E-state index in [1.807, 2.05) is 18.2 Å². The summed E-state index contributed by atoms with van der Waals surface area (Å²) in [7, 11) is 0. The predicted molar refractivity (Wildman–Crippen MR) is 81.5 cm³/mol. The highest BCUT2D eigenvalue weighted by Gasteiger charge is 2.33. The zero-order chi connectivity index (χ0) is 12.5. The van der Waals surface area contributed by atoms with E-state index in [2.05, 4.69) is 5.32 Å². The van der Waals surface area contributed by atoms with Crippen LogP contribution >= 0.6 is 35.6 Å². The van der Waals surface area contributed by atoms with Crippen LogP contribution in [0.25, 0.3) is 0 Å². The molecule has 1 atom stereocenters. The summed E-state index contributed by atoms with van der Waals surface area (Å²) in [5.41, 5.74) is 1.16. The second-order valence-corrected chi connectivity index (χ2v) is 6.02. The van der Waals surface area contributed by atoms with Crippen LogP contribution in [-0.2, 0) is 4.74 Å². The average Bonchev–Trinajstić information content (AvgIpc) is 2.23. The van der Waals surface area contributed by atoms with Crippen molar-refractivity contribution in [1.82, 2.24) is 5.32 Å². The van der Waals surface area contributed by atoms with Gasteiger partial charge in [0.25, 0.3) is 0 Å². The van der Waals surface area contributed by atoms with Crippen LogP contribution in [0.3, 0.4) is 0 Å². The SMILES string of the molecule is Cl.Clc1ccc(C(OC2CCC2)C2CNC2)cc1Cl. The summed E-state index contributed by atoms with van der Waals surface area (Å²) in [6.45, 7) is 2.05. The minimum absolute atomic E-state index is 0. The van der Waals surface area contributed by atoms with E-state index in [0.29, 0.717) is 22.1 Å². The van der Waals surface area contributed by atoms with Gasteiger partial charge in [0.15, 0.2) is 0 Å². The first kappa shape index (κ1) is 15.4. The van der Waals surface area contributed by atoms with Crippen molar-refractivity contribution in [3.8, 4) is 0 Å². The summed E-state index contributed by atoms with van der Waals surface area (Å²) in [4.78, 5) is 0. The second-order valence-electron chi connectivity index (χ2n) is 5.20. The lowest BCUT2D eigenvalue weighted by Gasteiger charge is -2.39. The van der Waals surface area contributed by atoms with Gasteiger partial charge in [0.1, 0.15) is 0 Å². The third-order valence-electron chi connectivity index (χ3n) is 3.90. The highest BCUT2D eigenvalue weighted by Crippen LogP contribution is 2.37. The Balaban J connectivity index is 0.00000133. The molecule has 1 aliphatic carbocycles. The van der Waals surface area contributed by atoms with Gasteiger partial charge in [0.2, 0.25) is 0 Å². The molecule has 1 N–H and O–H groups in total. The van der Waals surface area contributed by atoms with Crippen molar-refractivity contribution in [2.24, 2.45) is 5.92 Å². The minimum Gasteiger partial charge on any atom is -0.370 e. The van der Waals surface area contributed by atoms with E-state index in [1.165, 1.54) is 19.3 Å². The van der Waals surface area contributed by atoms with Gasteiger partial charge in [-0.3, -0.25) is 0 Å². The van der Waals surface area contributed by atoms with Crippen LogP contribution in [-0.4, -0.2) is 19.2 Å². The van der Waals surface area contributed by atoms with Crippen LogP contribution in [0.4, 0.5) is 0 Å². The van der Waals surface area contributed by atoms with Crippen molar-refractivity contribution in [2.45, 2.75) is 31.5 Å². The molecule has 5 heteroatoms. The Hall–Kier alpha value is 0.01000. The summed E-state index contributed by atoms with van der Waals surface area (Å²) in [5.74, 6) is 0.558.